The molecule has 0 aromatic carbocycles. The quantitative estimate of drug-likeness (QED) is 0.900. The van der Waals surface area contributed by atoms with Crippen molar-refractivity contribution in [3.05, 3.63) is 18.2 Å². The number of likely N-dealkylation sites (tertiary alicyclic amines) is 1. The molecule has 2 saturated heterocycles. The Labute approximate surface area is 116 Å². The minimum Gasteiger partial charge on any atom is -0.334 e. The van der Waals surface area contributed by atoms with Gasteiger partial charge in [-0.05, 0) is 64.8 Å². The molecule has 1 N–H and O–H groups in total. The van der Waals surface area contributed by atoms with Gasteiger partial charge < -0.3 is 14.8 Å². The largest absolute Gasteiger partial charge is 0.334 e. The predicted molar refractivity (Wildman–Crippen MR) is 77.3 cm³/mol. The van der Waals surface area contributed by atoms with Gasteiger partial charge in [-0.25, -0.2) is 4.98 Å². The first-order valence-electron chi connectivity index (χ1n) is 7.72. The lowest BCUT2D eigenvalue weighted by atomic mass is 9.93. The molecular weight excluding hydrogens is 236 g/mol. The summed E-state index contributed by atoms with van der Waals surface area (Å²) >= 11 is 0. The number of aromatic nitrogens is 2. The van der Waals surface area contributed by atoms with Gasteiger partial charge in [0.25, 0.3) is 0 Å². The highest BCUT2D eigenvalue weighted by molar-refractivity contribution is 5.08. The van der Waals surface area contributed by atoms with Gasteiger partial charge >= 0.3 is 0 Å². The lowest BCUT2D eigenvalue weighted by molar-refractivity contribution is 0.203. The molecule has 0 aliphatic carbocycles. The van der Waals surface area contributed by atoms with Crippen molar-refractivity contribution in [1.29, 1.82) is 0 Å². The average molecular weight is 262 g/mol. The highest BCUT2D eigenvalue weighted by atomic mass is 15.1. The summed E-state index contributed by atoms with van der Waals surface area (Å²) in [6.45, 7) is 5.99. The second-order valence-corrected chi connectivity index (χ2v) is 6.24. The third-order valence-electron chi connectivity index (χ3n) is 4.79. The van der Waals surface area contributed by atoms with Crippen LogP contribution in [-0.4, -0.2) is 47.7 Å². The van der Waals surface area contributed by atoms with Crippen LogP contribution in [-0.2, 0) is 6.54 Å². The summed E-state index contributed by atoms with van der Waals surface area (Å²) in [4.78, 5) is 6.85. The number of nitrogens with one attached hydrogen (secondary N) is 1. The number of nitrogens with zero attached hydrogens (tertiary/aromatic N) is 3. The molecule has 0 bridgehead atoms. The van der Waals surface area contributed by atoms with E-state index in [0.29, 0.717) is 0 Å². The molecule has 2 fully saturated rings. The van der Waals surface area contributed by atoms with Crippen LogP contribution in [0.15, 0.2) is 12.5 Å². The Balaban J connectivity index is 1.63. The summed E-state index contributed by atoms with van der Waals surface area (Å²) in [5.41, 5.74) is 1.47. The van der Waals surface area contributed by atoms with E-state index < -0.39 is 0 Å². The first kappa shape index (κ1) is 13.1. The van der Waals surface area contributed by atoms with Gasteiger partial charge in [0.05, 0.1) is 6.33 Å². The van der Waals surface area contributed by atoms with E-state index in [1.165, 1.54) is 51.0 Å². The van der Waals surface area contributed by atoms with Crippen LogP contribution in [0.4, 0.5) is 0 Å². The van der Waals surface area contributed by atoms with Gasteiger partial charge in [-0.2, -0.15) is 0 Å². The number of hydrogen-bond acceptors (Lipinski definition) is 3. The maximum Gasteiger partial charge on any atom is 0.0948 e. The number of imidazole rings is 1. The molecular formula is C15H26N4. The van der Waals surface area contributed by atoms with Crippen molar-refractivity contribution in [2.24, 2.45) is 5.92 Å². The van der Waals surface area contributed by atoms with Crippen LogP contribution in [0.25, 0.3) is 0 Å². The van der Waals surface area contributed by atoms with Crippen LogP contribution in [0.5, 0.6) is 0 Å². The standard InChI is InChI=1S/C15H26N4/c1-18-8-4-13(5-9-18)11-19-12-17-10-15(19)14-2-6-16-7-3-14/h10,12-14,16H,2-9,11H2,1H3. The molecule has 0 spiro atoms. The van der Waals surface area contributed by atoms with Crippen LogP contribution in [0.3, 0.4) is 0 Å². The molecule has 0 radical (unpaired) electrons. The van der Waals surface area contributed by atoms with Gasteiger partial charge in [0.1, 0.15) is 0 Å². The van der Waals surface area contributed by atoms with E-state index in [2.05, 4.69) is 39.3 Å². The van der Waals surface area contributed by atoms with Crippen LogP contribution in [0.1, 0.15) is 37.3 Å². The van der Waals surface area contributed by atoms with E-state index in [4.69, 9.17) is 0 Å². The third kappa shape index (κ3) is 3.18. The van der Waals surface area contributed by atoms with Gasteiger partial charge in [-0.1, -0.05) is 0 Å². The van der Waals surface area contributed by atoms with Gasteiger partial charge in [-0.15, -0.1) is 0 Å². The van der Waals surface area contributed by atoms with Crippen LogP contribution in [0, 0.1) is 5.92 Å². The molecule has 106 valence electrons. The first-order chi connectivity index (χ1) is 9.33. The summed E-state index contributed by atoms with van der Waals surface area (Å²) in [6, 6.07) is 0. The number of hydrogen-bond donors (Lipinski definition) is 1. The lowest BCUT2D eigenvalue weighted by Gasteiger charge is -2.30. The maximum absolute atomic E-state index is 4.41. The Kier molecular flexibility index (Phi) is 4.18. The fraction of sp³-hybridized carbons (Fsp3) is 0.800. The third-order valence-corrected chi connectivity index (χ3v) is 4.79. The van der Waals surface area contributed by atoms with Crippen molar-refractivity contribution in [3.8, 4) is 0 Å². The maximum atomic E-state index is 4.41. The van der Waals surface area contributed by atoms with Crippen LogP contribution in [0.2, 0.25) is 0 Å². The number of piperidine rings is 2. The van der Waals surface area contributed by atoms with E-state index in [1.807, 2.05) is 0 Å². The molecule has 19 heavy (non-hydrogen) atoms. The van der Waals surface area contributed by atoms with Gasteiger partial charge in [0.2, 0.25) is 0 Å². The Morgan fingerprint density at radius 1 is 1.21 bits per heavy atom. The smallest absolute Gasteiger partial charge is 0.0948 e. The average Bonchev–Trinajstić information content (AvgIpc) is 2.90. The normalized spacial score (nSPS) is 23.8. The second-order valence-electron chi connectivity index (χ2n) is 6.24. The molecule has 1 aromatic rings. The number of rotatable bonds is 3. The Hall–Kier alpha value is -0.870. The Morgan fingerprint density at radius 3 is 2.68 bits per heavy atom. The molecule has 3 heterocycles. The molecule has 4 nitrogen and oxygen atoms in total. The van der Waals surface area contributed by atoms with E-state index in [1.54, 1.807) is 0 Å². The van der Waals surface area contributed by atoms with Crippen molar-refractivity contribution < 1.29 is 0 Å². The van der Waals surface area contributed by atoms with E-state index in [-0.39, 0.29) is 0 Å². The Bertz CT molecular complexity index is 387. The molecule has 3 rings (SSSR count). The summed E-state index contributed by atoms with van der Waals surface area (Å²) < 4.78 is 2.44. The predicted octanol–water partition coefficient (Wildman–Crippen LogP) is 1.69. The molecule has 0 unspecified atom stereocenters. The van der Waals surface area contributed by atoms with E-state index >= 15 is 0 Å². The first-order valence-corrected chi connectivity index (χ1v) is 7.72. The van der Waals surface area contributed by atoms with Crippen molar-refractivity contribution in [3.63, 3.8) is 0 Å². The molecule has 0 saturated carbocycles. The SMILES string of the molecule is CN1CCC(Cn2cncc2C2CCNCC2)CC1. The lowest BCUT2D eigenvalue weighted by Crippen LogP contribution is -2.32. The highest BCUT2D eigenvalue weighted by Crippen LogP contribution is 2.26. The fourth-order valence-corrected chi connectivity index (χ4v) is 3.46. The van der Waals surface area contributed by atoms with Crippen LogP contribution < -0.4 is 5.32 Å². The monoisotopic (exact) mass is 262 g/mol. The van der Waals surface area contributed by atoms with Crippen molar-refractivity contribution in [1.82, 2.24) is 19.8 Å². The zero-order valence-corrected chi connectivity index (χ0v) is 12.0. The van der Waals surface area contributed by atoms with Crippen LogP contribution >= 0.6 is 0 Å². The zero-order valence-electron chi connectivity index (χ0n) is 12.0. The van der Waals surface area contributed by atoms with Crippen molar-refractivity contribution in [2.45, 2.75) is 38.1 Å². The minimum atomic E-state index is 0.718. The van der Waals surface area contributed by atoms with Crippen molar-refractivity contribution in [2.75, 3.05) is 33.2 Å². The summed E-state index contributed by atoms with van der Waals surface area (Å²) in [6.07, 6.45) is 9.35. The molecule has 0 amide bonds. The van der Waals surface area contributed by atoms with E-state index in [0.717, 1.165) is 24.9 Å². The molecule has 2 aliphatic rings. The molecule has 0 atom stereocenters. The summed E-state index contributed by atoms with van der Waals surface area (Å²) in [5, 5.41) is 3.45. The second kappa shape index (κ2) is 6.06. The van der Waals surface area contributed by atoms with Gasteiger partial charge in [0.15, 0.2) is 0 Å². The van der Waals surface area contributed by atoms with Gasteiger partial charge in [-0.3, -0.25) is 0 Å². The summed E-state index contributed by atoms with van der Waals surface area (Å²) in [5.74, 6) is 1.56. The minimum absolute atomic E-state index is 0.718. The molecule has 2 aliphatic heterocycles. The summed E-state index contributed by atoms with van der Waals surface area (Å²) in [7, 11) is 2.23. The fourth-order valence-electron chi connectivity index (χ4n) is 3.46. The molecule has 1 aromatic heterocycles. The van der Waals surface area contributed by atoms with Gasteiger partial charge in [0, 0.05) is 24.4 Å². The van der Waals surface area contributed by atoms with E-state index in [9.17, 15) is 0 Å². The molecule has 4 heteroatoms. The highest BCUT2D eigenvalue weighted by Gasteiger charge is 2.22. The van der Waals surface area contributed by atoms with Crippen molar-refractivity contribution >= 4 is 0 Å². The zero-order chi connectivity index (χ0) is 13.1. The Morgan fingerprint density at radius 2 is 1.95 bits per heavy atom. The topological polar surface area (TPSA) is 33.1 Å².